The lowest BCUT2D eigenvalue weighted by atomic mass is 10.0. The highest BCUT2D eigenvalue weighted by Gasteiger charge is 2.31. The highest BCUT2D eigenvalue weighted by Crippen LogP contribution is 2.36. The Labute approximate surface area is 196 Å². The monoisotopic (exact) mass is 477 g/mol. The van der Waals surface area contributed by atoms with Crippen molar-refractivity contribution < 1.29 is 23.1 Å². The fraction of sp³-hybridized carbons (Fsp3) is 0.417. The lowest BCUT2D eigenvalue weighted by Crippen LogP contribution is -2.35. The lowest BCUT2D eigenvalue weighted by molar-refractivity contribution is 0.102. The van der Waals surface area contributed by atoms with Gasteiger partial charge in [-0.1, -0.05) is 18.0 Å². The number of nitrogens with zero attached hydrogens (tertiary/aromatic N) is 1. The number of rotatable bonds is 6. The summed E-state index contributed by atoms with van der Waals surface area (Å²) in [6.07, 6.45) is 3.85. The van der Waals surface area contributed by atoms with Gasteiger partial charge in [-0.3, -0.25) is 9.69 Å². The maximum Gasteiger partial charge on any atom is 0.407 e. The zero-order valence-corrected chi connectivity index (χ0v) is 18.9. The van der Waals surface area contributed by atoms with Crippen LogP contribution in [0.4, 0.5) is 19.3 Å². The summed E-state index contributed by atoms with van der Waals surface area (Å²) in [6.45, 7) is 2.99. The first kappa shape index (κ1) is 23.4. The van der Waals surface area contributed by atoms with Crippen molar-refractivity contribution in [1.82, 2.24) is 10.2 Å². The molecule has 2 aromatic carbocycles. The summed E-state index contributed by atoms with van der Waals surface area (Å²) in [4.78, 5) is 27.4. The minimum atomic E-state index is -0.597. The minimum absolute atomic E-state index is 0.111. The predicted molar refractivity (Wildman–Crippen MR) is 122 cm³/mol. The van der Waals surface area contributed by atoms with Crippen LogP contribution in [-0.2, 0) is 11.2 Å². The molecule has 1 aliphatic carbocycles. The molecule has 2 aliphatic rings. The van der Waals surface area contributed by atoms with Gasteiger partial charge >= 0.3 is 6.09 Å². The van der Waals surface area contributed by atoms with Crippen molar-refractivity contribution in [2.24, 2.45) is 0 Å². The number of benzene rings is 2. The van der Waals surface area contributed by atoms with Crippen LogP contribution in [0.2, 0.25) is 5.02 Å². The third-order valence-corrected chi connectivity index (χ3v) is 6.43. The smallest absolute Gasteiger partial charge is 0.407 e. The molecule has 0 unspecified atom stereocenters. The van der Waals surface area contributed by atoms with Gasteiger partial charge in [0.05, 0.1) is 11.1 Å². The van der Waals surface area contributed by atoms with Crippen LogP contribution < -0.4 is 10.6 Å². The molecule has 0 saturated carbocycles. The Bertz CT molecular complexity index is 1040. The molecule has 33 heavy (non-hydrogen) atoms. The van der Waals surface area contributed by atoms with E-state index < -0.39 is 29.7 Å². The van der Waals surface area contributed by atoms with E-state index in [1.807, 2.05) is 0 Å². The number of ether oxygens (including phenoxy) is 1. The molecule has 0 radical (unpaired) electrons. The van der Waals surface area contributed by atoms with Crippen LogP contribution in [0.25, 0.3) is 0 Å². The molecule has 2 N–H and O–H groups in total. The second-order valence-corrected chi connectivity index (χ2v) is 8.75. The Kier molecular flexibility index (Phi) is 7.45. The fourth-order valence-electron chi connectivity index (χ4n) is 4.48. The molecule has 6 nitrogen and oxygen atoms in total. The molecular weight excluding hydrogens is 452 g/mol. The summed E-state index contributed by atoms with van der Waals surface area (Å²) in [6, 6.07) is 5.91. The van der Waals surface area contributed by atoms with Crippen molar-refractivity contribution >= 4 is 29.3 Å². The number of alkyl carbamates (subject to hydrolysis) is 1. The van der Waals surface area contributed by atoms with E-state index in [-0.39, 0.29) is 11.6 Å². The number of anilines is 1. The summed E-state index contributed by atoms with van der Waals surface area (Å²) in [5, 5.41) is 5.28. The van der Waals surface area contributed by atoms with E-state index in [4.69, 9.17) is 16.3 Å². The molecule has 0 bridgehead atoms. The van der Waals surface area contributed by atoms with Crippen molar-refractivity contribution in [2.75, 3.05) is 31.6 Å². The first-order valence-electron chi connectivity index (χ1n) is 11.2. The minimum Gasteiger partial charge on any atom is -0.448 e. The molecule has 0 aromatic heterocycles. The number of carbonyl (C=O) groups excluding carboxylic acids is 2. The first-order chi connectivity index (χ1) is 15.9. The van der Waals surface area contributed by atoms with Crippen LogP contribution in [0.15, 0.2) is 30.3 Å². The van der Waals surface area contributed by atoms with Crippen LogP contribution in [0.5, 0.6) is 0 Å². The van der Waals surface area contributed by atoms with Gasteiger partial charge in [-0.25, -0.2) is 13.6 Å². The molecule has 9 heteroatoms. The average molecular weight is 478 g/mol. The highest BCUT2D eigenvalue weighted by atomic mass is 35.5. The summed E-state index contributed by atoms with van der Waals surface area (Å²) in [7, 11) is 0. The molecule has 176 valence electrons. The zero-order valence-electron chi connectivity index (χ0n) is 18.1. The summed E-state index contributed by atoms with van der Waals surface area (Å²) in [5.74, 6) is -1.53. The molecule has 1 heterocycles. The summed E-state index contributed by atoms with van der Waals surface area (Å²) in [5.41, 5.74) is 1.47. The van der Waals surface area contributed by atoms with E-state index in [0.29, 0.717) is 41.8 Å². The average Bonchev–Trinajstić information content (AvgIpc) is 3.21. The Morgan fingerprint density at radius 2 is 1.85 bits per heavy atom. The topological polar surface area (TPSA) is 70.7 Å². The highest BCUT2D eigenvalue weighted by molar-refractivity contribution is 6.31. The Morgan fingerprint density at radius 3 is 2.61 bits per heavy atom. The number of halogens is 3. The number of amides is 2. The maximum atomic E-state index is 14.7. The molecule has 2 amide bonds. The van der Waals surface area contributed by atoms with Crippen molar-refractivity contribution in [1.29, 1.82) is 0 Å². The van der Waals surface area contributed by atoms with Gasteiger partial charge in [-0.15, -0.1) is 0 Å². The second kappa shape index (κ2) is 10.5. The largest absolute Gasteiger partial charge is 0.448 e. The number of likely N-dealkylation sites (tertiary alicyclic amines) is 1. The van der Waals surface area contributed by atoms with Gasteiger partial charge in [0.1, 0.15) is 18.2 Å². The van der Waals surface area contributed by atoms with E-state index >= 15 is 0 Å². The van der Waals surface area contributed by atoms with Crippen LogP contribution in [0.3, 0.4) is 0 Å². The number of hydrogen-bond donors (Lipinski definition) is 2. The molecule has 1 atom stereocenters. The fourth-order valence-corrected chi connectivity index (χ4v) is 4.66. The number of nitrogens with one attached hydrogen (secondary N) is 2. The van der Waals surface area contributed by atoms with Crippen molar-refractivity contribution in [3.05, 3.63) is 63.7 Å². The van der Waals surface area contributed by atoms with Gasteiger partial charge in [0.2, 0.25) is 0 Å². The number of carbonyl (C=O) groups is 2. The molecule has 4 rings (SSSR count). The molecular formula is C24H26ClF2N3O3. The molecule has 1 fully saturated rings. The number of piperidine rings is 1. The SMILES string of the molecule is O=C(N[C@H]1CCc2c(C(=O)Nc3ccc(F)c(Cl)c3)ccc(F)c21)OCCN1CCCCC1. The third kappa shape index (κ3) is 5.62. The van der Waals surface area contributed by atoms with Crippen molar-refractivity contribution in [3.8, 4) is 0 Å². The first-order valence-corrected chi connectivity index (χ1v) is 11.5. The van der Waals surface area contributed by atoms with Crippen LogP contribution in [0, 0.1) is 11.6 Å². The van der Waals surface area contributed by atoms with Crippen molar-refractivity contribution in [3.63, 3.8) is 0 Å². The van der Waals surface area contributed by atoms with E-state index in [0.717, 1.165) is 32.0 Å². The summed E-state index contributed by atoms with van der Waals surface area (Å²) >= 11 is 5.78. The van der Waals surface area contributed by atoms with Crippen LogP contribution in [-0.4, -0.2) is 43.1 Å². The Morgan fingerprint density at radius 1 is 1.09 bits per heavy atom. The van der Waals surface area contributed by atoms with E-state index in [9.17, 15) is 18.4 Å². The normalized spacial score (nSPS) is 18.0. The maximum absolute atomic E-state index is 14.7. The molecule has 0 spiro atoms. The standard InChI is InChI=1S/C24H26ClF2N3O3/c25-18-14-15(4-7-19(18)26)28-23(31)17-5-8-20(27)22-16(17)6-9-21(22)29-24(32)33-13-12-30-10-2-1-3-11-30/h4-5,7-8,14,21H,1-3,6,9-13H2,(H,28,31)(H,29,32)/t21-/m0/s1. The van der Waals surface area contributed by atoms with Gasteiger partial charge < -0.3 is 15.4 Å². The Balaban J connectivity index is 1.39. The Hall–Kier alpha value is -2.71. The van der Waals surface area contributed by atoms with E-state index in [2.05, 4.69) is 15.5 Å². The zero-order chi connectivity index (χ0) is 23.4. The van der Waals surface area contributed by atoms with Crippen LogP contribution in [0.1, 0.15) is 53.2 Å². The van der Waals surface area contributed by atoms with Gasteiger partial charge in [0.15, 0.2) is 0 Å². The lowest BCUT2D eigenvalue weighted by Gasteiger charge is -2.26. The second-order valence-electron chi connectivity index (χ2n) is 8.34. The van der Waals surface area contributed by atoms with Crippen molar-refractivity contribution in [2.45, 2.75) is 38.1 Å². The van der Waals surface area contributed by atoms with E-state index in [1.54, 1.807) is 0 Å². The van der Waals surface area contributed by atoms with Gasteiger partial charge in [-0.05, 0) is 74.7 Å². The summed E-state index contributed by atoms with van der Waals surface area (Å²) < 4.78 is 33.3. The van der Waals surface area contributed by atoms with Gasteiger partial charge in [0.25, 0.3) is 5.91 Å². The molecule has 1 aliphatic heterocycles. The third-order valence-electron chi connectivity index (χ3n) is 6.14. The number of hydrogen-bond acceptors (Lipinski definition) is 4. The van der Waals surface area contributed by atoms with E-state index in [1.165, 1.54) is 30.7 Å². The van der Waals surface area contributed by atoms with Crippen LogP contribution >= 0.6 is 11.6 Å². The van der Waals surface area contributed by atoms with Gasteiger partial charge in [0, 0.05) is 23.4 Å². The molecule has 1 saturated heterocycles. The molecule has 2 aromatic rings. The number of fused-ring (bicyclic) bond motifs is 1. The van der Waals surface area contributed by atoms with Gasteiger partial charge in [-0.2, -0.15) is 0 Å². The predicted octanol–water partition coefficient (Wildman–Crippen LogP) is 5.07. The quantitative estimate of drug-likeness (QED) is 0.609.